The van der Waals surface area contributed by atoms with E-state index in [9.17, 15) is 18.0 Å². The molecule has 0 radical (unpaired) electrons. The average molecular weight is 630 g/mol. The van der Waals surface area contributed by atoms with Crippen LogP contribution in [0.3, 0.4) is 0 Å². The van der Waals surface area contributed by atoms with Gasteiger partial charge >= 0.3 is 0 Å². The Morgan fingerprint density at radius 1 is 0.977 bits per heavy atom. The number of sulfonamides is 1. The summed E-state index contributed by atoms with van der Waals surface area (Å²) in [4.78, 5) is 29.2. The molecular weight excluding hydrogens is 590 g/mol. The summed E-state index contributed by atoms with van der Waals surface area (Å²) in [5.41, 5.74) is 1.13. The fraction of sp³-hybridized carbons (Fsp3) is 0.375. The maximum Gasteiger partial charge on any atom is 0.264 e. The molecule has 0 bridgehead atoms. The van der Waals surface area contributed by atoms with E-state index < -0.39 is 34.1 Å². The van der Waals surface area contributed by atoms with E-state index in [0.29, 0.717) is 17.7 Å². The molecule has 0 saturated carbocycles. The molecule has 3 aromatic rings. The molecule has 11 heteroatoms. The Labute approximate surface area is 259 Å². The fourth-order valence-corrected chi connectivity index (χ4v) is 6.13. The smallest absolute Gasteiger partial charge is 0.264 e. The molecular formula is C32H40ClN3O6S. The molecule has 0 aliphatic heterocycles. The van der Waals surface area contributed by atoms with Crippen LogP contribution in [-0.2, 0) is 26.2 Å². The number of rotatable bonds is 12. The van der Waals surface area contributed by atoms with Crippen molar-refractivity contribution in [2.75, 3.05) is 25.1 Å². The van der Waals surface area contributed by atoms with Gasteiger partial charge in [0.25, 0.3) is 10.0 Å². The minimum absolute atomic E-state index is 0.00945. The van der Waals surface area contributed by atoms with Crippen LogP contribution in [0.5, 0.6) is 11.5 Å². The molecule has 1 unspecified atom stereocenters. The van der Waals surface area contributed by atoms with E-state index in [-0.39, 0.29) is 33.8 Å². The molecule has 0 aliphatic rings. The largest absolute Gasteiger partial charge is 0.497 e. The summed E-state index contributed by atoms with van der Waals surface area (Å²) in [5.74, 6) is -0.134. The summed E-state index contributed by atoms with van der Waals surface area (Å²) in [7, 11) is -1.34. The SMILES string of the molecule is CCC(C(=O)NC(C)(C)C)N(Cc1cccc(OC)c1)C(=O)CN(c1cc(Cl)ccc1OC)S(=O)(=O)c1ccc(C)cc1. The van der Waals surface area contributed by atoms with Gasteiger partial charge < -0.3 is 19.7 Å². The quantitative estimate of drug-likeness (QED) is 0.280. The zero-order valence-corrected chi connectivity index (χ0v) is 27.3. The van der Waals surface area contributed by atoms with Gasteiger partial charge in [-0.15, -0.1) is 0 Å². The predicted octanol–water partition coefficient (Wildman–Crippen LogP) is 5.58. The van der Waals surface area contributed by atoms with Crippen LogP contribution in [0.15, 0.2) is 71.6 Å². The zero-order chi connectivity index (χ0) is 31.9. The molecule has 0 fully saturated rings. The lowest BCUT2D eigenvalue weighted by atomic mass is 10.1. The monoisotopic (exact) mass is 629 g/mol. The summed E-state index contributed by atoms with van der Waals surface area (Å²) >= 11 is 6.31. The number of amides is 2. The second kappa shape index (κ2) is 14.1. The van der Waals surface area contributed by atoms with Crippen LogP contribution in [0, 0.1) is 6.92 Å². The maximum absolute atomic E-state index is 14.3. The summed E-state index contributed by atoms with van der Waals surface area (Å²) in [6.45, 7) is 8.64. The zero-order valence-electron chi connectivity index (χ0n) is 25.7. The number of aryl methyl sites for hydroxylation is 1. The van der Waals surface area contributed by atoms with Gasteiger partial charge in [-0.2, -0.15) is 0 Å². The standard InChI is InChI=1S/C32H40ClN3O6S/c1-8-27(31(38)34-32(3,4)5)35(20-23-10-9-11-25(18-23)41-6)30(37)21-36(28-19-24(33)14-17-29(28)42-7)43(39,40)26-15-12-22(2)13-16-26/h9-19,27H,8,20-21H2,1-7H3,(H,34,38). The highest BCUT2D eigenvalue weighted by Crippen LogP contribution is 2.35. The Morgan fingerprint density at radius 2 is 1.65 bits per heavy atom. The second-order valence-electron chi connectivity index (χ2n) is 11.2. The van der Waals surface area contributed by atoms with Gasteiger partial charge in [0.1, 0.15) is 24.1 Å². The molecule has 9 nitrogen and oxygen atoms in total. The Hall–Kier alpha value is -3.76. The van der Waals surface area contributed by atoms with Crippen molar-refractivity contribution in [3.05, 3.63) is 82.9 Å². The number of anilines is 1. The number of nitrogens with one attached hydrogen (secondary N) is 1. The van der Waals surface area contributed by atoms with Gasteiger partial charge in [0.15, 0.2) is 0 Å². The van der Waals surface area contributed by atoms with E-state index in [4.69, 9.17) is 21.1 Å². The molecule has 0 aliphatic carbocycles. The van der Waals surface area contributed by atoms with Gasteiger partial charge in [0.2, 0.25) is 11.8 Å². The Kier molecular flexibility index (Phi) is 11.1. The van der Waals surface area contributed by atoms with E-state index in [0.717, 1.165) is 9.87 Å². The first-order chi connectivity index (χ1) is 20.2. The lowest BCUT2D eigenvalue weighted by molar-refractivity contribution is -0.141. The minimum atomic E-state index is -4.29. The molecule has 0 heterocycles. The number of carbonyl (C=O) groups is 2. The van der Waals surface area contributed by atoms with Crippen LogP contribution in [0.4, 0.5) is 5.69 Å². The first kappa shape index (κ1) is 33.7. The van der Waals surface area contributed by atoms with Crippen molar-refractivity contribution >= 4 is 39.1 Å². The van der Waals surface area contributed by atoms with Crippen molar-refractivity contribution in [3.63, 3.8) is 0 Å². The Balaban J connectivity index is 2.15. The van der Waals surface area contributed by atoms with Crippen LogP contribution in [0.25, 0.3) is 0 Å². The second-order valence-corrected chi connectivity index (χ2v) is 13.5. The summed E-state index contributed by atoms with van der Waals surface area (Å²) in [5, 5.41) is 3.22. The van der Waals surface area contributed by atoms with Crippen molar-refractivity contribution in [1.29, 1.82) is 0 Å². The topological polar surface area (TPSA) is 105 Å². The fourth-order valence-electron chi connectivity index (χ4n) is 4.55. The summed E-state index contributed by atoms with van der Waals surface area (Å²) in [6.07, 6.45) is 0.294. The molecule has 0 spiro atoms. The molecule has 1 N–H and O–H groups in total. The van der Waals surface area contributed by atoms with Gasteiger partial charge in [-0.1, -0.05) is 48.4 Å². The van der Waals surface area contributed by atoms with Crippen LogP contribution in [0.1, 0.15) is 45.2 Å². The number of carbonyl (C=O) groups excluding carboxylic acids is 2. The Morgan fingerprint density at radius 3 is 2.23 bits per heavy atom. The lowest BCUT2D eigenvalue weighted by Gasteiger charge is -2.35. The van der Waals surface area contributed by atoms with Crippen molar-refractivity contribution in [2.45, 2.75) is 64.1 Å². The molecule has 232 valence electrons. The van der Waals surface area contributed by atoms with Crippen molar-refractivity contribution in [3.8, 4) is 11.5 Å². The number of halogens is 1. The summed E-state index contributed by atoms with van der Waals surface area (Å²) in [6, 6.07) is 17.2. The van der Waals surface area contributed by atoms with E-state index in [1.54, 1.807) is 56.5 Å². The molecule has 3 aromatic carbocycles. The highest BCUT2D eigenvalue weighted by atomic mass is 35.5. The number of ether oxygens (including phenoxy) is 2. The lowest BCUT2D eigenvalue weighted by Crippen LogP contribution is -2.55. The molecule has 0 aromatic heterocycles. The van der Waals surface area contributed by atoms with Crippen molar-refractivity contribution in [2.24, 2.45) is 0 Å². The van der Waals surface area contributed by atoms with Crippen LogP contribution in [-0.4, -0.2) is 57.5 Å². The van der Waals surface area contributed by atoms with E-state index in [1.807, 2.05) is 33.8 Å². The number of methoxy groups -OCH3 is 2. The van der Waals surface area contributed by atoms with Crippen LogP contribution in [0.2, 0.25) is 5.02 Å². The van der Waals surface area contributed by atoms with Crippen LogP contribution < -0.4 is 19.1 Å². The molecule has 2 amide bonds. The van der Waals surface area contributed by atoms with Gasteiger partial charge in [-0.25, -0.2) is 8.42 Å². The van der Waals surface area contributed by atoms with Crippen molar-refractivity contribution < 1.29 is 27.5 Å². The van der Waals surface area contributed by atoms with E-state index >= 15 is 0 Å². The third kappa shape index (κ3) is 8.64. The number of hydrogen-bond acceptors (Lipinski definition) is 6. The van der Waals surface area contributed by atoms with Gasteiger partial charge in [0, 0.05) is 17.1 Å². The molecule has 3 rings (SSSR count). The first-order valence-electron chi connectivity index (χ1n) is 13.9. The van der Waals surface area contributed by atoms with Crippen LogP contribution >= 0.6 is 11.6 Å². The van der Waals surface area contributed by atoms with E-state index in [1.165, 1.54) is 30.2 Å². The molecule has 1 atom stereocenters. The maximum atomic E-state index is 14.3. The highest BCUT2D eigenvalue weighted by molar-refractivity contribution is 7.92. The minimum Gasteiger partial charge on any atom is -0.497 e. The third-order valence-electron chi connectivity index (χ3n) is 6.67. The third-order valence-corrected chi connectivity index (χ3v) is 8.68. The predicted molar refractivity (Wildman–Crippen MR) is 169 cm³/mol. The number of hydrogen-bond donors (Lipinski definition) is 1. The first-order valence-corrected chi connectivity index (χ1v) is 15.7. The van der Waals surface area contributed by atoms with Gasteiger partial charge in [-0.05, 0) is 82.1 Å². The number of nitrogens with zero attached hydrogens (tertiary/aromatic N) is 2. The Bertz CT molecular complexity index is 1540. The number of benzene rings is 3. The average Bonchev–Trinajstić information content (AvgIpc) is 2.95. The van der Waals surface area contributed by atoms with Gasteiger partial charge in [-0.3, -0.25) is 13.9 Å². The summed E-state index contributed by atoms with van der Waals surface area (Å²) < 4.78 is 40.1. The van der Waals surface area contributed by atoms with Crippen molar-refractivity contribution in [1.82, 2.24) is 10.2 Å². The normalized spacial score (nSPS) is 12.3. The van der Waals surface area contributed by atoms with E-state index in [2.05, 4.69) is 5.32 Å². The molecule has 43 heavy (non-hydrogen) atoms. The molecule has 0 saturated heterocycles. The van der Waals surface area contributed by atoms with Gasteiger partial charge in [0.05, 0.1) is 24.8 Å². The highest BCUT2D eigenvalue weighted by Gasteiger charge is 2.35.